The lowest BCUT2D eigenvalue weighted by atomic mass is 10.00. The number of aromatic nitrogens is 1. The third-order valence-electron chi connectivity index (χ3n) is 9.47. The highest BCUT2D eigenvalue weighted by Crippen LogP contribution is 2.42. The van der Waals surface area contributed by atoms with Gasteiger partial charge in [-0.1, -0.05) is 20.8 Å². The highest BCUT2D eigenvalue weighted by atomic mass is 28.4. The van der Waals surface area contributed by atoms with Gasteiger partial charge in [0.05, 0.1) is 36.4 Å². The molecule has 0 N–H and O–H groups in total. The van der Waals surface area contributed by atoms with Gasteiger partial charge in [0, 0.05) is 37.6 Å². The minimum atomic E-state index is -5.13. The molecule has 0 spiro atoms. The summed E-state index contributed by atoms with van der Waals surface area (Å²) in [7, 11) is -2.22. The van der Waals surface area contributed by atoms with Gasteiger partial charge in [-0.2, -0.15) is 39.5 Å². The van der Waals surface area contributed by atoms with Gasteiger partial charge in [-0.3, -0.25) is 4.90 Å². The fourth-order valence-electron chi connectivity index (χ4n) is 5.59. The number of ether oxygens (including phenoxy) is 2. The Kier molecular flexibility index (Phi) is 11.0. The van der Waals surface area contributed by atoms with Gasteiger partial charge in [-0.15, -0.1) is 0 Å². The number of alkyl halides is 9. The van der Waals surface area contributed by atoms with Crippen molar-refractivity contribution >= 4 is 20.2 Å². The molecule has 1 atom stereocenters. The SMILES string of the molecule is Cc1c(C(F)(F)F)cnc(N(CCO[Si](C)(C)C(C)(C)C)C2CCOCC2)c1CN1C[C@@H](c2cc(C(F)(F)F)cc(C(F)(F)F)c2)OC1=O. The van der Waals surface area contributed by atoms with E-state index in [9.17, 15) is 44.3 Å². The van der Waals surface area contributed by atoms with Crippen LogP contribution in [0.3, 0.4) is 0 Å². The van der Waals surface area contributed by atoms with Crippen LogP contribution in [0.25, 0.3) is 0 Å². The summed E-state index contributed by atoms with van der Waals surface area (Å²) in [5, 5.41) is -0.113. The molecule has 274 valence electrons. The number of benzene rings is 1. The van der Waals surface area contributed by atoms with E-state index in [0.717, 1.165) is 11.1 Å². The zero-order valence-electron chi connectivity index (χ0n) is 28.0. The Hall–Kier alpha value is -3.05. The van der Waals surface area contributed by atoms with E-state index in [4.69, 9.17) is 13.9 Å². The molecule has 0 radical (unpaired) electrons. The summed E-state index contributed by atoms with van der Waals surface area (Å²) in [6, 6.07) is 0.688. The van der Waals surface area contributed by atoms with Gasteiger partial charge in [0.25, 0.3) is 0 Å². The van der Waals surface area contributed by atoms with Gasteiger partial charge in [0.15, 0.2) is 8.32 Å². The maximum Gasteiger partial charge on any atom is 0.418 e. The van der Waals surface area contributed by atoms with Gasteiger partial charge in [0.2, 0.25) is 0 Å². The zero-order chi connectivity index (χ0) is 36.7. The van der Waals surface area contributed by atoms with Crippen molar-refractivity contribution in [1.29, 1.82) is 0 Å². The number of halogens is 9. The molecule has 3 heterocycles. The molecule has 1 aromatic heterocycles. The molecule has 2 aromatic rings. The normalized spacial score (nSPS) is 18.6. The van der Waals surface area contributed by atoms with Crippen LogP contribution in [0.5, 0.6) is 0 Å². The van der Waals surface area contributed by atoms with Crippen LogP contribution in [-0.2, 0) is 39.0 Å². The topological polar surface area (TPSA) is 64.1 Å². The van der Waals surface area contributed by atoms with Crippen molar-refractivity contribution < 1.29 is 58.2 Å². The lowest BCUT2D eigenvalue weighted by molar-refractivity contribution is -0.143. The van der Waals surface area contributed by atoms with Crippen molar-refractivity contribution in [3.05, 3.63) is 57.8 Å². The Morgan fingerprint density at radius 1 is 0.939 bits per heavy atom. The van der Waals surface area contributed by atoms with Crippen LogP contribution in [0.15, 0.2) is 24.4 Å². The lowest BCUT2D eigenvalue weighted by Gasteiger charge is -2.40. The number of hydrogen-bond donors (Lipinski definition) is 0. The molecule has 49 heavy (non-hydrogen) atoms. The molecule has 2 fully saturated rings. The monoisotopic (exact) mass is 729 g/mol. The van der Waals surface area contributed by atoms with E-state index in [1.54, 1.807) is 0 Å². The Morgan fingerprint density at radius 2 is 1.51 bits per heavy atom. The largest absolute Gasteiger partial charge is 0.439 e. The molecule has 0 unspecified atom stereocenters. The molecular weight excluding hydrogens is 689 g/mol. The second-order valence-corrected chi connectivity index (χ2v) is 18.6. The average molecular weight is 730 g/mol. The van der Waals surface area contributed by atoms with Crippen molar-refractivity contribution in [3.8, 4) is 0 Å². The van der Waals surface area contributed by atoms with Crippen LogP contribution >= 0.6 is 0 Å². The van der Waals surface area contributed by atoms with Gasteiger partial charge in [0.1, 0.15) is 11.9 Å². The second-order valence-electron chi connectivity index (χ2n) is 13.8. The summed E-state index contributed by atoms with van der Waals surface area (Å²) in [4.78, 5) is 20.1. The van der Waals surface area contributed by atoms with Crippen molar-refractivity contribution in [3.63, 3.8) is 0 Å². The summed E-state index contributed by atoms with van der Waals surface area (Å²) >= 11 is 0. The highest BCUT2D eigenvalue weighted by Gasteiger charge is 2.42. The molecule has 2 aliphatic rings. The van der Waals surface area contributed by atoms with Crippen LogP contribution in [0, 0.1) is 6.92 Å². The van der Waals surface area contributed by atoms with Gasteiger partial charge in [-0.25, -0.2) is 9.78 Å². The van der Waals surface area contributed by atoms with E-state index in [-0.39, 0.29) is 47.2 Å². The molecule has 0 saturated carbocycles. The molecule has 2 aliphatic heterocycles. The maximum atomic E-state index is 14.1. The standard InChI is InChI=1S/C32H40F9N3O4Si/c1-19-24(17-43-18-26(48-28(43)45)20-13-21(30(33,34)35)15-22(14-20)31(36,37)38)27(42-16-25(19)32(39,40)41)44(23-7-10-46-11-8-23)9-12-47-49(5,6)29(2,3)4/h13-16,23,26H,7-12,17-18H2,1-6H3/t26-/m0/s1. The number of nitrogens with zero attached hydrogens (tertiary/aromatic N) is 3. The zero-order valence-corrected chi connectivity index (χ0v) is 29.0. The highest BCUT2D eigenvalue weighted by molar-refractivity contribution is 6.74. The predicted octanol–water partition coefficient (Wildman–Crippen LogP) is 9.15. The second kappa shape index (κ2) is 13.9. The van der Waals surface area contributed by atoms with Crippen LogP contribution in [0.4, 0.5) is 50.1 Å². The molecule has 4 rings (SSSR count). The fourth-order valence-corrected chi connectivity index (χ4v) is 6.63. The first-order chi connectivity index (χ1) is 22.4. The smallest absolute Gasteiger partial charge is 0.418 e. The number of amides is 1. The van der Waals surface area contributed by atoms with Crippen molar-refractivity contribution in [2.75, 3.05) is 37.8 Å². The van der Waals surface area contributed by atoms with E-state index in [1.807, 2.05) is 4.90 Å². The third-order valence-corrected chi connectivity index (χ3v) is 14.0. The van der Waals surface area contributed by atoms with Crippen LogP contribution in [-0.4, -0.2) is 63.2 Å². The van der Waals surface area contributed by atoms with E-state index in [2.05, 4.69) is 38.8 Å². The van der Waals surface area contributed by atoms with Gasteiger partial charge < -0.3 is 18.8 Å². The maximum absolute atomic E-state index is 14.1. The van der Waals surface area contributed by atoms with Crippen LogP contribution in [0.2, 0.25) is 18.1 Å². The van der Waals surface area contributed by atoms with Crippen molar-refractivity contribution in [2.45, 2.75) is 95.9 Å². The van der Waals surface area contributed by atoms with Crippen molar-refractivity contribution in [2.24, 2.45) is 0 Å². The number of carbonyl (C=O) groups is 1. The van der Waals surface area contributed by atoms with Crippen LogP contribution in [0.1, 0.15) is 73.1 Å². The number of hydrogen-bond acceptors (Lipinski definition) is 6. The van der Waals surface area contributed by atoms with Gasteiger partial charge >= 0.3 is 24.6 Å². The molecule has 7 nitrogen and oxygen atoms in total. The van der Waals surface area contributed by atoms with Gasteiger partial charge in [-0.05, 0) is 67.2 Å². The van der Waals surface area contributed by atoms with E-state index in [0.29, 0.717) is 38.2 Å². The number of cyclic esters (lactones) is 1. The molecule has 1 amide bonds. The predicted molar refractivity (Wildman–Crippen MR) is 164 cm³/mol. The minimum absolute atomic E-state index is 0.0197. The summed E-state index contributed by atoms with van der Waals surface area (Å²) in [6.45, 7) is 11.8. The summed E-state index contributed by atoms with van der Waals surface area (Å²) in [6.07, 6.45) is -15.9. The number of anilines is 1. The summed E-state index contributed by atoms with van der Waals surface area (Å²) < 4.78 is 141. The molecular formula is C32H40F9N3O4Si. The van der Waals surface area contributed by atoms with Crippen molar-refractivity contribution in [1.82, 2.24) is 9.88 Å². The summed E-state index contributed by atoms with van der Waals surface area (Å²) in [5.41, 5.74) is -4.98. The fraction of sp³-hybridized carbons (Fsp3) is 0.625. The van der Waals surface area contributed by atoms with E-state index < -0.39 is 74.4 Å². The molecule has 17 heteroatoms. The van der Waals surface area contributed by atoms with E-state index in [1.165, 1.54) is 6.92 Å². The van der Waals surface area contributed by atoms with Crippen LogP contribution < -0.4 is 4.90 Å². The first kappa shape index (κ1) is 38.7. The first-order valence-corrected chi connectivity index (χ1v) is 18.6. The minimum Gasteiger partial charge on any atom is -0.439 e. The Balaban J connectivity index is 1.72. The Morgan fingerprint density at radius 3 is 2.02 bits per heavy atom. The average Bonchev–Trinajstić information content (AvgIpc) is 3.34. The molecule has 0 bridgehead atoms. The Labute approximate surface area is 279 Å². The van der Waals surface area contributed by atoms with E-state index >= 15 is 0 Å². The summed E-state index contributed by atoms with van der Waals surface area (Å²) in [5.74, 6) is 0.158. The lowest BCUT2D eigenvalue weighted by Crippen LogP contribution is -2.46. The molecule has 2 saturated heterocycles. The number of pyridine rings is 1. The molecule has 1 aromatic carbocycles. The number of rotatable bonds is 9. The first-order valence-electron chi connectivity index (χ1n) is 15.7. The Bertz CT molecular complexity index is 1470. The molecule has 0 aliphatic carbocycles. The number of carbonyl (C=O) groups excluding carboxylic acids is 1. The quantitative estimate of drug-likeness (QED) is 0.190. The third kappa shape index (κ3) is 9.01.